The van der Waals surface area contributed by atoms with Crippen LogP contribution in [0.25, 0.3) is 0 Å². The predicted octanol–water partition coefficient (Wildman–Crippen LogP) is 0.967. The fraction of sp³-hybridized carbons (Fsp3) is 0.778. The first-order chi connectivity index (χ1) is 5.78. The van der Waals surface area contributed by atoms with E-state index in [0.717, 1.165) is 12.8 Å². The molecule has 13 heavy (non-hydrogen) atoms. The smallest absolute Gasteiger partial charge is 0.233 e. The molecular formula is C9H16N2OS. The second kappa shape index (κ2) is 2.94. The predicted molar refractivity (Wildman–Crippen MR) is 56.3 cm³/mol. The molecule has 0 bridgehead atoms. The van der Waals surface area contributed by atoms with Crippen LogP contribution in [0.15, 0.2) is 0 Å². The molecule has 3 N–H and O–H groups in total. The summed E-state index contributed by atoms with van der Waals surface area (Å²) in [4.78, 5) is 12.0. The molecule has 74 valence electrons. The molecule has 0 aromatic heterocycles. The van der Waals surface area contributed by atoms with Crippen molar-refractivity contribution in [3.05, 3.63) is 0 Å². The summed E-state index contributed by atoms with van der Waals surface area (Å²) in [7, 11) is 0. The maximum atomic E-state index is 11.7. The van der Waals surface area contributed by atoms with Crippen molar-refractivity contribution in [3.8, 4) is 0 Å². The highest BCUT2D eigenvalue weighted by Gasteiger charge is 2.53. The second-order valence-corrected chi connectivity index (χ2v) is 5.09. The molecule has 0 heterocycles. The number of amides is 1. The standard InChI is InChI=1S/C9H16N2OS/c1-8(2,3)11-7(12)9(4-5-9)6(10)13/h4-5H2,1-3H3,(H2,10,13)(H,11,12). The normalized spacial score (nSPS) is 19.3. The van der Waals surface area contributed by atoms with Gasteiger partial charge in [0.15, 0.2) is 0 Å². The molecule has 0 radical (unpaired) electrons. The minimum absolute atomic E-state index is 0.0208. The van der Waals surface area contributed by atoms with Gasteiger partial charge in [0.05, 0.1) is 10.4 Å². The van der Waals surface area contributed by atoms with E-state index >= 15 is 0 Å². The van der Waals surface area contributed by atoms with Gasteiger partial charge in [-0.05, 0) is 33.6 Å². The van der Waals surface area contributed by atoms with Crippen LogP contribution in [0.5, 0.6) is 0 Å². The van der Waals surface area contributed by atoms with Gasteiger partial charge in [0.1, 0.15) is 0 Å². The molecule has 0 spiro atoms. The summed E-state index contributed by atoms with van der Waals surface area (Å²) in [6.45, 7) is 5.83. The molecule has 1 fully saturated rings. The van der Waals surface area contributed by atoms with E-state index < -0.39 is 5.41 Å². The van der Waals surface area contributed by atoms with Crippen LogP contribution >= 0.6 is 12.2 Å². The van der Waals surface area contributed by atoms with Crippen LogP contribution in [0.2, 0.25) is 0 Å². The summed E-state index contributed by atoms with van der Waals surface area (Å²) in [5.41, 5.74) is 4.79. The number of carbonyl (C=O) groups is 1. The van der Waals surface area contributed by atoms with Crippen molar-refractivity contribution >= 4 is 23.1 Å². The van der Waals surface area contributed by atoms with Crippen molar-refractivity contribution in [2.45, 2.75) is 39.2 Å². The summed E-state index contributed by atoms with van der Waals surface area (Å²) >= 11 is 4.88. The van der Waals surface area contributed by atoms with Crippen molar-refractivity contribution < 1.29 is 4.79 Å². The Balaban J connectivity index is 2.64. The molecule has 0 atom stereocenters. The minimum Gasteiger partial charge on any atom is -0.392 e. The molecule has 1 aliphatic carbocycles. The number of thiocarbonyl (C=S) groups is 1. The third kappa shape index (κ3) is 2.18. The second-order valence-electron chi connectivity index (χ2n) is 4.65. The highest BCUT2D eigenvalue weighted by Crippen LogP contribution is 2.46. The molecule has 0 aromatic rings. The Bertz CT molecular complexity index is 251. The van der Waals surface area contributed by atoms with E-state index in [1.807, 2.05) is 20.8 Å². The van der Waals surface area contributed by atoms with E-state index in [1.54, 1.807) is 0 Å². The summed E-state index contributed by atoms with van der Waals surface area (Å²) in [5, 5.41) is 2.90. The van der Waals surface area contributed by atoms with E-state index in [4.69, 9.17) is 18.0 Å². The number of nitrogens with two attached hydrogens (primary N) is 1. The van der Waals surface area contributed by atoms with Crippen LogP contribution in [0.4, 0.5) is 0 Å². The van der Waals surface area contributed by atoms with Crippen molar-refractivity contribution in [2.75, 3.05) is 0 Å². The summed E-state index contributed by atoms with van der Waals surface area (Å²) in [5.74, 6) is -0.0208. The van der Waals surface area contributed by atoms with Gasteiger partial charge in [0.2, 0.25) is 5.91 Å². The Morgan fingerprint density at radius 3 is 2.15 bits per heavy atom. The number of carbonyl (C=O) groups excluding carboxylic acids is 1. The van der Waals surface area contributed by atoms with Crippen LogP contribution < -0.4 is 11.1 Å². The van der Waals surface area contributed by atoms with E-state index in [1.165, 1.54) is 0 Å². The zero-order chi connectivity index (χ0) is 10.3. The number of hydrogen-bond acceptors (Lipinski definition) is 2. The van der Waals surface area contributed by atoms with E-state index in [0.29, 0.717) is 4.99 Å². The van der Waals surface area contributed by atoms with E-state index in [2.05, 4.69) is 5.32 Å². The number of hydrogen-bond donors (Lipinski definition) is 2. The minimum atomic E-state index is -0.525. The van der Waals surface area contributed by atoms with Crippen LogP contribution in [0.3, 0.4) is 0 Å². The maximum absolute atomic E-state index is 11.7. The molecule has 4 heteroatoms. The van der Waals surface area contributed by atoms with Gasteiger partial charge in [-0.25, -0.2) is 0 Å². The number of rotatable bonds is 2. The Hall–Kier alpha value is -0.640. The molecule has 0 unspecified atom stereocenters. The highest BCUT2D eigenvalue weighted by atomic mass is 32.1. The molecule has 0 aromatic carbocycles. The number of nitrogens with one attached hydrogen (secondary N) is 1. The van der Waals surface area contributed by atoms with Crippen LogP contribution in [-0.4, -0.2) is 16.4 Å². The van der Waals surface area contributed by atoms with Gasteiger partial charge >= 0.3 is 0 Å². The van der Waals surface area contributed by atoms with Crippen LogP contribution in [0.1, 0.15) is 33.6 Å². The lowest BCUT2D eigenvalue weighted by atomic mass is 10.0. The first-order valence-corrected chi connectivity index (χ1v) is 4.81. The molecule has 1 rings (SSSR count). The zero-order valence-corrected chi connectivity index (χ0v) is 9.12. The molecule has 0 saturated heterocycles. The van der Waals surface area contributed by atoms with Crippen LogP contribution in [0, 0.1) is 5.41 Å². The molecule has 0 aliphatic heterocycles. The molecule has 1 amide bonds. The maximum Gasteiger partial charge on any atom is 0.233 e. The molecule has 1 aliphatic rings. The van der Waals surface area contributed by atoms with Gasteiger partial charge in [-0.1, -0.05) is 12.2 Å². The van der Waals surface area contributed by atoms with Crippen molar-refractivity contribution in [2.24, 2.45) is 11.1 Å². The third-order valence-corrected chi connectivity index (χ3v) is 2.54. The molecular weight excluding hydrogens is 184 g/mol. The summed E-state index contributed by atoms with van der Waals surface area (Å²) in [6, 6.07) is 0. The van der Waals surface area contributed by atoms with Gasteiger partial charge in [-0.3, -0.25) is 4.79 Å². The Labute approximate surface area is 84.1 Å². The largest absolute Gasteiger partial charge is 0.392 e. The highest BCUT2D eigenvalue weighted by molar-refractivity contribution is 7.80. The van der Waals surface area contributed by atoms with E-state index in [9.17, 15) is 4.79 Å². The summed E-state index contributed by atoms with van der Waals surface area (Å²) in [6.07, 6.45) is 1.59. The van der Waals surface area contributed by atoms with Crippen molar-refractivity contribution in [1.82, 2.24) is 5.32 Å². The first-order valence-electron chi connectivity index (χ1n) is 4.40. The van der Waals surface area contributed by atoms with Gasteiger partial charge in [-0.15, -0.1) is 0 Å². The average molecular weight is 200 g/mol. The quantitative estimate of drug-likeness (QED) is 0.653. The lowest BCUT2D eigenvalue weighted by Crippen LogP contribution is -2.47. The van der Waals surface area contributed by atoms with E-state index in [-0.39, 0.29) is 11.4 Å². The lowest BCUT2D eigenvalue weighted by Gasteiger charge is -2.24. The molecule has 1 saturated carbocycles. The topological polar surface area (TPSA) is 55.1 Å². The average Bonchev–Trinajstić information content (AvgIpc) is 2.59. The third-order valence-electron chi connectivity index (χ3n) is 2.14. The van der Waals surface area contributed by atoms with Crippen molar-refractivity contribution in [1.29, 1.82) is 0 Å². The fourth-order valence-corrected chi connectivity index (χ4v) is 1.47. The Kier molecular flexibility index (Phi) is 2.36. The molecule has 3 nitrogen and oxygen atoms in total. The van der Waals surface area contributed by atoms with Gasteiger partial charge in [0.25, 0.3) is 0 Å². The van der Waals surface area contributed by atoms with Gasteiger partial charge < -0.3 is 11.1 Å². The SMILES string of the molecule is CC(C)(C)NC(=O)C1(C(N)=S)CC1. The van der Waals surface area contributed by atoms with Crippen molar-refractivity contribution in [3.63, 3.8) is 0 Å². The monoisotopic (exact) mass is 200 g/mol. The summed E-state index contributed by atoms with van der Waals surface area (Å²) < 4.78 is 0. The van der Waals surface area contributed by atoms with Gasteiger partial charge in [-0.2, -0.15) is 0 Å². The van der Waals surface area contributed by atoms with Crippen LogP contribution in [-0.2, 0) is 4.79 Å². The zero-order valence-electron chi connectivity index (χ0n) is 8.31. The van der Waals surface area contributed by atoms with Gasteiger partial charge in [0, 0.05) is 5.54 Å². The Morgan fingerprint density at radius 1 is 1.46 bits per heavy atom. The lowest BCUT2D eigenvalue weighted by molar-refractivity contribution is -0.125. The first kappa shape index (κ1) is 10.4. The fourth-order valence-electron chi connectivity index (χ4n) is 1.17. The Morgan fingerprint density at radius 2 is 1.92 bits per heavy atom.